The summed E-state index contributed by atoms with van der Waals surface area (Å²) in [5.41, 5.74) is 4.33. The van der Waals surface area contributed by atoms with Crippen molar-refractivity contribution in [3.63, 3.8) is 0 Å². The van der Waals surface area contributed by atoms with Gasteiger partial charge in [0.1, 0.15) is 5.75 Å². The van der Waals surface area contributed by atoms with Crippen LogP contribution in [0.25, 0.3) is 11.8 Å². The lowest BCUT2D eigenvalue weighted by Crippen LogP contribution is -2.40. The Hall–Kier alpha value is -4.43. The normalized spacial score (nSPS) is 17.0. The molecule has 1 saturated heterocycles. The zero-order chi connectivity index (χ0) is 29.1. The lowest BCUT2D eigenvalue weighted by molar-refractivity contribution is -0.138. The molecule has 3 aromatic carbocycles. The highest BCUT2D eigenvalue weighted by Gasteiger charge is 2.35. The molecule has 0 amide bonds. The minimum atomic E-state index is -0.718. The average molecular weight is 580 g/mol. The van der Waals surface area contributed by atoms with E-state index in [0.717, 1.165) is 29.8 Å². The number of hydrogen-bond acceptors (Lipinski definition) is 7. The van der Waals surface area contributed by atoms with Gasteiger partial charge in [-0.15, -0.1) is 0 Å². The number of rotatable bonds is 7. The molecule has 0 N–H and O–H groups in total. The van der Waals surface area contributed by atoms with E-state index in [-0.39, 0.29) is 12.2 Å². The standard InChI is InChI=1S/C34H33N3O4S/c1-3-41-33(39)29-30(24-10-6-4-7-11-24)35-34-37(31(29)25-14-18-27(40-2)19-15-25)32(38)28(42-34)22-23-12-16-26(17-13-23)36-20-8-5-9-21-36/h4,6-7,10-19,22,31H,3,5,8-9,20-21H2,1-2H3/b28-22+/t31-/m0/s1. The molecule has 2 aliphatic rings. The number of methoxy groups -OCH3 is 1. The van der Waals surface area contributed by atoms with Gasteiger partial charge in [0.25, 0.3) is 5.56 Å². The molecule has 1 fully saturated rings. The van der Waals surface area contributed by atoms with Crippen LogP contribution >= 0.6 is 11.3 Å². The summed E-state index contributed by atoms with van der Waals surface area (Å²) in [6.07, 6.45) is 5.63. The van der Waals surface area contributed by atoms with Crippen molar-refractivity contribution < 1.29 is 14.3 Å². The Balaban J connectivity index is 1.51. The second-order valence-electron chi connectivity index (χ2n) is 10.3. The first-order chi connectivity index (χ1) is 20.6. The zero-order valence-corrected chi connectivity index (χ0v) is 24.6. The van der Waals surface area contributed by atoms with Gasteiger partial charge in [-0.2, -0.15) is 0 Å². The van der Waals surface area contributed by atoms with Crippen molar-refractivity contribution in [2.45, 2.75) is 32.2 Å². The Bertz CT molecular complexity index is 1780. The van der Waals surface area contributed by atoms with Gasteiger partial charge in [0.15, 0.2) is 4.80 Å². The third-order valence-electron chi connectivity index (χ3n) is 7.72. The van der Waals surface area contributed by atoms with Gasteiger partial charge in [-0.1, -0.05) is 65.9 Å². The molecular weight excluding hydrogens is 546 g/mol. The van der Waals surface area contributed by atoms with Gasteiger partial charge in [0, 0.05) is 24.3 Å². The van der Waals surface area contributed by atoms with Crippen LogP contribution in [0.4, 0.5) is 5.69 Å². The second-order valence-corrected chi connectivity index (χ2v) is 11.4. The minimum absolute atomic E-state index is 0.200. The smallest absolute Gasteiger partial charge is 0.338 e. The molecule has 214 valence electrons. The predicted octanol–water partition coefficient (Wildman–Crippen LogP) is 4.93. The molecule has 0 saturated carbocycles. The van der Waals surface area contributed by atoms with Gasteiger partial charge in [0.05, 0.1) is 35.6 Å². The van der Waals surface area contributed by atoms with Crippen molar-refractivity contribution in [3.8, 4) is 5.75 Å². The van der Waals surface area contributed by atoms with E-state index in [4.69, 9.17) is 14.5 Å². The molecule has 8 heteroatoms. The SMILES string of the molecule is CCOC(=O)C1=C(c2ccccc2)N=c2s/c(=C/c3ccc(N4CCCCC4)cc3)c(=O)n2[C@H]1c1ccc(OC)cc1. The fraction of sp³-hybridized carbons (Fsp3) is 0.265. The van der Waals surface area contributed by atoms with Crippen LogP contribution in [0, 0.1) is 0 Å². The number of fused-ring (bicyclic) bond motifs is 1. The van der Waals surface area contributed by atoms with Gasteiger partial charge < -0.3 is 14.4 Å². The van der Waals surface area contributed by atoms with E-state index in [1.807, 2.05) is 60.7 Å². The van der Waals surface area contributed by atoms with Crippen molar-refractivity contribution in [2.75, 3.05) is 31.7 Å². The number of aromatic nitrogens is 1. The zero-order valence-electron chi connectivity index (χ0n) is 23.8. The summed E-state index contributed by atoms with van der Waals surface area (Å²) in [5, 5.41) is 0. The summed E-state index contributed by atoms with van der Waals surface area (Å²) in [7, 11) is 1.61. The topological polar surface area (TPSA) is 73.1 Å². The first-order valence-electron chi connectivity index (χ1n) is 14.3. The summed E-state index contributed by atoms with van der Waals surface area (Å²) in [6, 6.07) is 24.7. The molecule has 1 atom stereocenters. The van der Waals surface area contributed by atoms with Crippen LogP contribution in [0.1, 0.15) is 48.9 Å². The minimum Gasteiger partial charge on any atom is -0.497 e. The number of nitrogens with zero attached hydrogens (tertiary/aromatic N) is 3. The van der Waals surface area contributed by atoms with Crippen LogP contribution < -0.4 is 24.5 Å². The Morgan fingerprint density at radius 2 is 1.69 bits per heavy atom. The molecule has 0 aliphatic carbocycles. The third-order valence-corrected chi connectivity index (χ3v) is 8.70. The molecule has 0 spiro atoms. The monoisotopic (exact) mass is 579 g/mol. The first-order valence-corrected chi connectivity index (χ1v) is 15.2. The van der Waals surface area contributed by atoms with E-state index in [1.54, 1.807) is 18.6 Å². The lowest BCUT2D eigenvalue weighted by Gasteiger charge is -2.28. The van der Waals surface area contributed by atoms with Crippen LogP contribution in [0.15, 0.2) is 94.2 Å². The fourth-order valence-corrected chi connectivity index (χ4v) is 6.63. The number of benzene rings is 3. The van der Waals surface area contributed by atoms with Crippen molar-refractivity contribution >= 4 is 34.8 Å². The molecular formula is C34H33N3O4S. The summed E-state index contributed by atoms with van der Waals surface area (Å²) in [6.45, 7) is 4.14. The molecule has 0 radical (unpaired) electrons. The van der Waals surface area contributed by atoms with Crippen LogP contribution in [0.2, 0.25) is 0 Å². The molecule has 42 heavy (non-hydrogen) atoms. The van der Waals surface area contributed by atoms with Gasteiger partial charge in [-0.25, -0.2) is 9.79 Å². The quantitative estimate of drug-likeness (QED) is 0.290. The summed E-state index contributed by atoms with van der Waals surface area (Å²) >= 11 is 1.33. The van der Waals surface area contributed by atoms with Crippen LogP contribution in [-0.2, 0) is 9.53 Å². The second kappa shape index (κ2) is 12.2. The number of carbonyl (C=O) groups excluding carboxylic acids is 1. The van der Waals surface area contributed by atoms with E-state index in [0.29, 0.717) is 26.4 Å². The molecule has 1 aromatic heterocycles. The Morgan fingerprint density at radius 1 is 0.976 bits per heavy atom. The Kier molecular flexibility index (Phi) is 8.06. The van der Waals surface area contributed by atoms with E-state index in [1.165, 1.54) is 36.3 Å². The molecule has 0 bridgehead atoms. The van der Waals surface area contributed by atoms with Gasteiger partial charge in [0.2, 0.25) is 0 Å². The molecule has 3 heterocycles. The maximum absolute atomic E-state index is 14.1. The molecule has 6 rings (SSSR count). The summed E-state index contributed by atoms with van der Waals surface area (Å²) in [4.78, 5) is 35.5. The number of anilines is 1. The fourth-order valence-electron chi connectivity index (χ4n) is 5.63. The highest BCUT2D eigenvalue weighted by atomic mass is 32.1. The van der Waals surface area contributed by atoms with E-state index in [2.05, 4.69) is 29.2 Å². The molecule has 4 aromatic rings. The summed E-state index contributed by atoms with van der Waals surface area (Å²) < 4.78 is 13.1. The average Bonchev–Trinajstić information content (AvgIpc) is 3.35. The van der Waals surface area contributed by atoms with E-state index < -0.39 is 12.0 Å². The van der Waals surface area contributed by atoms with Crippen LogP contribution in [-0.4, -0.2) is 37.3 Å². The Labute approximate surface area is 248 Å². The van der Waals surface area contributed by atoms with E-state index in [9.17, 15) is 9.59 Å². The first kappa shape index (κ1) is 27.7. The number of ether oxygens (including phenoxy) is 2. The highest BCUT2D eigenvalue weighted by Crippen LogP contribution is 2.35. The van der Waals surface area contributed by atoms with Gasteiger partial charge in [-0.05, 0) is 67.7 Å². The third kappa shape index (κ3) is 5.42. The largest absolute Gasteiger partial charge is 0.497 e. The molecule has 0 unspecified atom stereocenters. The number of piperidine rings is 1. The number of thiazole rings is 1. The highest BCUT2D eigenvalue weighted by molar-refractivity contribution is 7.07. The Morgan fingerprint density at radius 3 is 2.36 bits per heavy atom. The lowest BCUT2D eigenvalue weighted by atomic mass is 9.93. The van der Waals surface area contributed by atoms with Crippen LogP contribution in [0.5, 0.6) is 5.75 Å². The maximum atomic E-state index is 14.1. The van der Waals surface area contributed by atoms with E-state index >= 15 is 0 Å². The predicted molar refractivity (Wildman–Crippen MR) is 167 cm³/mol. The summed E-state index contributed by atoms with van der Waals surface area (Å²) in [5.74, 6) is 0.188. The number of esters is 1. The van der Waals surface area contributed by atoms with Crippen molar-refractivity contribution in [1.82, 2.24) is 4.57 Å². The van der Waals surface area contributed by atoms with Crippen LogP contribution in [0.3, 0.4) is 0 Å². The maximum Gasteiger partial charge on any atom is 0.338 e. The number of hydrogen-bond donors (Lipinski definition) is 0. The molecule has 7 nitrogen and oxygen atoms in total. The van der Waals surface area contributed by atoms with Crippen molar-refractivity contribution in [3.05, 3.63) is 121 Å². The van der Waals surface area contributed by atoms with Crippen molar-refractivity contribution in [2.24, 2.45) is 4.99 Å². The van der Waals surface area contributed by atoms with Crippen molar-refractivity contribution in [1.29, 1.82) is 0 Å². The molecule has 2 aliphatic heterocycles. The number of carbonyl (C=O) groups is 1. The van der Waals surface area contributed by atoms with Gasteiger partial charge >= 0.3 is 5.97 Å². The van der Waals surface area contributed by atoms with Gasteiger partial charge in [-0.3, -0.25) is 9.36 Å².